The summed E-state index contributed by atoms with van der Waals surface area (Å²) < 4.78 is 0. The lowest BCUT2D eigenvalue weighted by Crippen LogP contribution is -2.53. The number of nitrogens with zero attached hydrogens (tertiary/aromatic N) is 6. The van der Waals surface area contributed by atoms with E-state index in [9.17, 15) is 4.79 Å². The van der Waals surface area contributed by atoms with Crippen molar-refractivity contribution in [1.29, 1.82) is 5.26 Å². The number of guanidine groups is 1. The summed E-state index contributed by atoms with van der Waals surface area (Å²) in [6, 6.07) is 7.53. The van der Waals surface area contributed by atoms with Crippen LogP contribution in [0.4, 0.5) is 5.82 Å². The summed E-state index contributed by atoms with van der Waals surface area (Å²) in [6.45, 7) is 7.43. The van der Waals surface area contributed by atoms with Crippen LogP contribution >= 0.6 is 24.0 Å². The molecule has 1 saturated heterocycles. The van der Waals surface area contributed by atoms with Gasteiger partial charge in [0.05, 0.1) is 0 Å². The first-order chi connectivity index (χ1) is 12.5. The third kappa shape index (κ3) is 6.71. The number of aromatic nitrogens is 1. The first kappa shape index (κ1) is 22.7. The van der Waals surface area contributed by atoms with Gasteiger partial charge in [-0.05, 0) is 12.1 Å². The maximum atomic E-state index is 11.8. The topological polar surface area (TPSA) is 87.9 Å². The number of amides is 1. The van der Waals surface area contributed by atoms with E-state index in [0.717, 1.165) is 32.0 Å². The lowest BCUT2D eigenvalue weighted by molar-refractivity contribution is -0.127. The first-order valence-corrected chi connectivity index (χ1v) is 8.51. The number of carbonyl (C=O) groups excluding carboxylic acids is 1. The van der Waals surface area contributed by atoms with Crippen molar-refractivity contribution in [2.45, 2.75) is 0 Å². The van der Waals surface area contributed by atoms with Gasteiger partial charge in [0.15, 0.2) is 5.96 Å². The quantitative estimate of drug-likeness (QED) is 0.290. The molecule has 0 aliphatic carbocycles. The smallest absolute Gasteiger partial charge is 0.243 e. The summed E-state index contributed by atoms with van der Waals surface area (Å²) in [6.07, 6.45) is 1.76. The van der Waals surface area contributed by atoms with Crippen LogP contribution in [0.1, 0.15) is 5.69 Å². The van der Waals surface area contributed by atoms with Crippen molar-refractivity contribution in [2.75, 3.05) is 58.3 Å². The van der Waals surface area contributed by atoms with Gasteiger partial charge < -0.3 is 20.0 Å². The van der Waals surface area contributed by atoms with Gasteiger partial charge in [-0.1, -0.05) is 12.1 Å². The number of piperazine rings is 1. The average Bonchev–Trinajstić information content (AvgIpc) is 2.68. The van der Waals surface area contributed by atoms with Crippen molar-refractivity contribution in [3.8, 4) is 6.07 Å². The molecule has 0 spiro atoms. The Hall–Kier alpha value is -2.35. The molecule has 0 saturated carbocycles. The highest BCUT2D eigenvalue weighted by molar-refractivity contribution is 14.0. The number of hydrogen-bond acceptors (Lipinski definition) is 5. The molecule has 9 heteroatoms. The lowest BCUT2D eigenvalue weighted by atomic mass is 10.3. The van der Waals surface area contributed by atoms with Crippen LogP contribution in [0.15, 0.2) is 35.8 Å². The minimum atomic E-state index is -0.0425. The van der Waals surface area contributed by atoms with E-state index in [-0.39, 0.29) is 36.4 Å². The van der Waals surface area contributed by atoms with Gasteiger partial charge in [-0.15, -0.1) is 30.6 Å². The van der Waals surface area contributed by atoms with Gasteiger partial charge in [-0.3, -0.25) is 4.79 Å². The van der Waals surface area contributed by atoms with Crippen molar-refractivity contribution >= 4 is 41.7 Å². The zero-order valence-corrected chi connectivity index (χ0v) is 18.1. The van der Waals surface area contributed by atoms with Gasteiger partial charge >= 0.3 is 0 Å². The molecular weight excluding hydrogens is 457 g/mol. The molecule has 27 heavy (non-hydrogen) atoms. The maximum Gasteiger partial charge on any atom is 0.243 e. The van der Waals surface area contributed by atoms with Crippen LogP contribution in [-0.4, -0.2) is 80.0 Å². The Kier molecular flexibility index (Phi) is 9.56. The van der Waals surface area contributed by atoms with Crippen LogP contribution in [0, 0.1) is 11.3 Å². The molecule has 0 atom stereocenters. The Labute approximate surface area is 177 Å². The highest BCUT2D eigenvalue weighted by Gasteiger charge is 2.21. The Morgan fingerprint density at radius 2 is 2.11 bits per heavy atom. The fourth-order valence-corrected chi connectivity index (χ4v) is 2.52. The number of carbonyl (C=O) groups is 1. The van der Waals surface area contributed by atoms with Crippen molar-refractivity contribution in [2.24, 2.45) is 4.99 Å². The monoisotopic (exact) mass is 483 g/mol. The number of nitriles is 1. The van der Waals surface area contributed by atoms with Crippen LogP contribution < -0.4 is 10.2 Å². The minimum Gasteiger partial charge on any atom is -0.353 e. The number of halogens is 1. The molecule has 1 amide bonds. The minimum absolute atomic E-state index is 0. The van der Waals surface area contributed by atoms with Crippen molar-refractivity contribution in [3.63, 3.8) is 0 Å². The van der Waals surface area contributed by atoms with Crippen LogP contribution in [-0.2, 0) is 4.79 Å². The van der Waals surface area contributed by atoms with Crippen molar-refractivity contribution in [1.82, 2.24) is 20.1 Å². The predicted molar refractivity (Wildman–Crippen MR) is 117 cm³/mol. The summed E-state index contributed by atoms with van der Waals surface area (Å²) in [4.78, 5) is 26.4. The van der Waals surface area contributed by atoms with Gasteiger partial charge in [0.2, 0.25) is 5.91 Å². The zero-order chi connectivity index (χ0) is 18.9. The van der Waals surface area contributed by atoms with E-state index in [0.29, 0.717) is 18.2 Å². The first-order valence-electron chi connectivity index (χ1n) is 8.51. The fourth-order valence-electron chi connectivity index (χ4n) is 2.52. The lowest BCUT2D eigenvalue weighted by Gasteiger charge is -2.37. The molecule has 1 aromatic heterocycles. The molecule has 0 bridgehead atoms. The highest BCUT2D eigenvalue weighted by Crippen LogP contribution is 2.14. The Morgan fingerprint density at radius 3 is 2.70 bits per heavy atom. The van der Waals surface area contributed by atoms with Crippen LogP contribution in [0.3, 0.4) is 0 Å². The summed E-state index contributed by atoms with van der Waals surface area (Å²) in [5.41, 5.74) is 0.419. The molecule has 146 valence electrons. The largest absolute Gasteiger partial charge is 0.353 e. The number of rotatable bonds is 5. The molecule has 1 aliphatic rings. The number of nitrogens with one attached hydrogen (secondary N) is 1. The Bertz CT molecular complexity index is 706. The molecule has 0 unspecified atom stereocenters. The van der Waals surface area contributed by atoms with E-state index < -0.39 is 0 Å². The molecule has 2 rings (SSSR count). The van der Waals surface area contributed by atoms with Gasteiger partial charge in [0.1, 0.15) is 24.1 Å². The van der Waals surface area contributed by atoms with Crippen LogP contribution in [0.25, 0.3) is 0 Å². The average molecular weight is 483 g/mol. The van der Waals surface area contributed by atoms with Gasteiger partial charge in [0.25, 0.3) is 0 Å². The number of anilines is 1. The summed E-state index contributed by atoms with van der Waals surface area (Å²) in [5, 5.41) is 12.2. The molecule has 1 fully saturated rings. The summed E-state index contributed by atoms with van der Waals surface area (Å²) in [7, 11) is 3.44. The SMILES string of the molecule is C=CCNC(=NCC(=O)N(C)C)N1CCN(c2cccc(C#N)n2)CC1.I. The molecule has 2 heterocycles. The summed E-state index contributed by atoms with van der Waals surface area (Å²) >= 11 is 0. The van der Waals surface area contributed by atoms with E-state index in [2.05, 4.69) is 37.7 Å². The van der Waals surface area contributed by atoms with E-state index in [1.165, 1.54) is 4.90 Å². The predicted octanol–water partition coefficient (Wildman–Crippen LogP) is 0.913. The number of hydrogen-bond donors (Lipinski definition) is 1. The molecule has 1 aromatic rings. The van der Waals surface area contributed by atoms with Crippen molar-refractivity contribution < 1.29 is 4.79 Å². The third-order valence-corrected chi connectivity index (χ3v) is 4.02. The molecule has 0 radical (unpaired) electrons. The van der Waals surface area contributed by atoms with Crippen LogP contribution in [0.2, 0.25) is 0 Å². The van der Waals surface area contributed by atoms with E-state index in [1.54, 1.807) is 26.2 Å². The van der Waals surface area contributed by atoms with Gasteiger partial charge in [0, 0.05) is 46.8 Å². The zero-order valence-electron chi connectivity index (χ0n) is 15.8. The Balaban J connectivity index is 0.00000364. The maximum absolute atomic E-state index is 11.8. The van der Waals surface area contributed by atoms with Gasteiger partial charge in [-0.25, -0.2) is 9.98 Å². The molecule has 8 nitrogen and oxygen atoms in total. The number of aliphatic imine (C=N–C) groups is 1. The standard InChI is InChI=1S/C18H25N7O.HI/c1-4-8-20-18(21-14-17(26)23(2)3)25-11-9-24(10-12-25)16-7-5-6-15(13-19)22-16;/h4-7H,1,8-12,14H2,2-3H3,(H,20,21);1H. The Morgan fingerprint density at radius 1 is 1.41 bits per heavy atom. The summed E-state index contributed by atoms with van der Waals surface area (Å²) in [5.74, 6) is 1.47. The van der Waals surface area contributed by atoms with Crippen molar-refractivity contribution in [3.05, 3.63) is 36.5 Å². The second-order valence-corrected chi connectivity index (χ2v) is 6.06. The number of likely N-dealkylation sites (N-methyl/N-ethyl adjacent to an activating group) is 1. The highest BCUT2D eigenvalue weighted by atomic mass is 127. The van der Waals surface area contributed by atoms with E-state index in [1.807, 2.05) is 12.1 Å². The second kappa shape index (κ2) is 11.4. The van der Waals surface area contributed by atoms with E-state index in [4.69, 9.17) is 5.26 Å². The van der Waals surface area contributed by atoms with E-state index >= 15 is 0 Å². The molecule has 1 N–H and O–H groups in total. The molecular formula is C18H26IN7O. The number of pyridine rings is 1. The normalized spacial score (nSPS) is 14.0. The molecule has 1 aliphatic heterocycles. The third-order valence-electron chi connectivity index (χ3n) is 4.02. The van der Waals surface area contributed by atoms with Gasteiger partial charge in [-0.2, -0.15) is 5.26 Å². The fraction of sp³-hybridized carbons (Fsp3) is 0.444. The molecule has 0 aromatic carbocycles. The van der Waals surface area contributed by atoms with Crippen LogP contribution in [0.5, 0.6) is 0 Å². The second-order valence-electron chi connectivity index (χ2n) is 6.06.